The molecular weight excluding hydrogens is 268 g/mol. The van der Waals surface area contributed by atoms with Gasteiger partial charge in [-0.25, -0.2) is 0 Å². The Labute approximate surface area is 95.2 Å². The Hall–Kier alpha value is -0.825. The molecule has 0 aliphatic heterocycles. The zero-order chi connectivity index (χ0) is 12.7. The third kappa shape index (κ3) is 3.34. The number of hydrogen-bond donors (Lipinski definition) is 1. The lowest BCUT2D eigenvalue weighted by Crippen LogP contribution is -2.12. The van der Waals surface area contributed by atoms with Crippen molar-refractivity contribution < 1.29 is 19.4 Å². The van der Waals surface area contributed by atoms with Crippen molar-refractivity contribution in [2.24, 2.45) is 0 Å². The van der Waals surface area contributed by atoms with E-state index < -0.39 is 20.6 Å². The summed E-state index contributed by atoms with van der Waals surface area (Å²) >= 11 is 4.33. The monoisotopic (exact) mass is 273 g/mol. The first-order chi connectivity index (χ1) is 6.92. The van der Waals surface area contributed by atoms with Crippen molar-refractivity contribution in [3.63, 3.8) is 0 Å². The first-order valence-electron chi connectivity index (χ1n) is 3.77. The highest BCUT2D eigenvalue weighted by molar-refractivity contribution is 8.45. The van der Waals surface area contributed by atoms with E-state index in [9.17, 15) is 19.4 Å². The van der Waals surface area contributed by atoms with E-state index in [0.717, 1.165) is 11.6 Å². The van der Waals surface area contributed by atoms with Gasteiger partial charge in [-0.3, -0.25) is 0 Å². The topological polar surface area (TPSA) is 12.0 Å². The lowest BCUT2D eigenvalue weighted by molar-refractivity contribution is 0.364. The molecule has 88 valence electrons. The van der Waals surface area contributed by atoms with E-state index in [1.54, 1.807) is 0 Å². The average molecular weight is 273 g/mol. The summed E-state index contributed by atoms with van der Waals surface area (Å²) in [5, 5.41) is 2.19. The standard InChI is InChI=1S/C7H5BF5NS2/c8-5-1-6(14-4-15)3-7(2-5)16(9,10,11,12)13/h1-4H,(H,14,15). The third-order valence-electron chi connectivity index (χ3n) is 1.60. The Bertz CT molecular complexity index is 443. The number of hydrogen-bond acceptors (Lipinski definition) is 1. The molecule has 0 fully saturated rings. The predicted octanol–water partition coefficient (Wildman–Crippen LogP) is 3.51. The molecule has 1 aromatic rings. The van der Waals surface area contributed by atoms with Crippen LogP contribution in [-0.4, -0.2) is 13.3 Å². The van der Waals surface area contributed by atoms with E-state index in [1.807, 2.05) is 0 Å². The van der Waals surface area contributed by atoms with Crippen LogP contribution in [0.2, 0.25) is 0 Å². The van der Waals surface area contributed by atoms with Crippen LogP contribution in [0, 0.1) is 0 Å². The fourth-order valence-corrected chi connectivity index (χ4v) is 1.84. The fraction of sp³-hybridized carbons (Fsp3) is 0. The molecule has 0 bridgehead atoms. The largest absolute Gasteiger partial charge is 0.353 e. The Morgan fingerprint density at radius 3 is 2.12 bits per heavy atom. The molecule has 0 unspecified atom stereocenters. The maximum Gasteiger partial charge on any atom is 0.310 e. The zero-order valence-electron chi connectivity index (χ0n) is 7.59. The van der Waals surface area contributed by atoms with Gasteiger partial charge in [-0.15, -0.1) is 0 Å². The quantitative estimate of drug-likeness (QED) is 0.514. The van der Waals surface area contributed by atoms with Crippen molar-refractivity contribution in [1.29, 1.82) is 0 Å². The molecule has 2 radical (unpaired) electrons. The molecule has 0 atom stereocenters. The summed E-state index contributed by atoms with van der Waals surface area (Å²) in [5.74, 6) is 0. The number of benzene rings is 1. The summed E-state index contributed by atoms with van der Waals surface area (Å²) in [4.78, 5) is -2.04. The molecule has 1 nitrogen and oxygen atoms in total. The first-order valence-corrected chi connectivity index (χ1v) is 6.19. The second-order valence-corrected chi connectivity index (χ2v) is 5.67. The molecule has 0 spiro atoms. The van der Waals surface area contributed by atoms with Crippen molar-refractivity contribution in [3.05, 3.63) is 18.2 Å². The van der Waals surface area contributed by atoms with Gasteiger partial charge < -0.3 is 5.32 Å². The minimum Gasteiger partial charge on any atom is -0.353 e. The summed E-state index contributed by atoms with van der Waals surface area (Å²) < 4.78 is 62.1. The maximum atomic E-state index is 12.4. The number of rotatable bonds is 3. The van der Waals surface area contributed by atoms with E-state index >= 15 is 0 Å². The van der Waals surface area contributed by atoms with Crippen LogP contribution >= 0.6 is 22.4 Å². The molecule has 0 heterocycles. The van der Waals surface area contributed by atoms with Crippen LogP contribution in [-0.2, 0) is 0 Å². The van der Waals surface area contributed by atoms with Crippen LogP contribution in [0.4, 0.5) is 25.1 Å². The van der Waals surface area contributed by atoms with Crippen LogP contribution < -0.4 is 10.8 Å². The summed E-state index contributed by atoms with van der Waals surface area (Å²) in [5.41, 5.74) is 0.229. The van der Waals surface area contributed by atoms with Crippen molar-refractivity contribution in [2.75, 3.05) is 5.32 Å². The molecule has 0 aromatic heterocycles. The van der Waals surface area contributed by atoms with Gasteiger partial charge in [0.05, 0.1) is 5.49 Å². The van der Waals surface area contributed by atoms with Gasteiger partial charge in [-0.05, 0) is 18.2 Å². The van der Waals surface area contributed by atoms with E-state index in [4.69, 9.17) is 7.85 Å². The highest BCUT2D eigenvalue weighted by Crippen LogP contribution is 3.02. The van der Waals surface area contributed by atoms with Gasteiger partial charge >= 0.3 is 10.2 Å². The van der Waals surface area contributed by atoms with Crippen molar-refractivity contribution >= 4 is 46.9 Å². The number of halogens is 5. The number of nitrogens with one attached hydrogen (secondary N) is 1. The van der Waals surface area contributed by atoms with Crippen molar-refractivity contribution in [3.8, 4) is 0 Å². The molecular formula is C7H5BF5NS2. The van der Waals surface area contributed by atoms with Gasteiger partial charge in [-0.1, -0.05) is 37.1 Å². The van der Waals surface area contributed by atoms with Crippen LogP contribution in [0.1, 0.15) is 0 Å². The second kappa shape index (κ2) is 3.10. The van der Waals surface area contributed by atoms with E-state index in [-0.39, 0.29) is 17.8 Å². The van der Waals surface area contributed by atoms with Crippen LogP contribution in [0.3, 0.4) is 0 Å². The van der Waals surface area contributed by atoms with Crippen LogP contribution in [0.25, 0.3) is 0 Å². The smallest absolute Gasteiger partial charge is 0.310 e. The van der Waals surface area contributed by atoms with E-state index in [2.05, 4.69) is 17.5 Å². The third-order valence-corrected chi connectivity index (χ3v) is 2.84. The van der Waals surface area contributed by atoms with Crippen molar-refractivity contribution in [1.82, 2.24) is 0 Å². The number of anilines is 1. The molecule has 1 N–H and O–H groups in total. The lowest BCUT2D eigenvalue weighted by atomic mass is 9.96. The minimum atomic E-state index is -9.70. The molecule has 0 aliphatic rings. The Balaban J connectivity index is 3.43. The Morgan fingerprint density at radius 1 is 1.12 bits per heavy atom. The average Bonchev–Trinajstić information content (AvgIpc) is 1.99. The normalized spacial score (nSPS) is 16.1. The molecule has 0 saturated heterocycles. The zero-order valence-corrected chi connectivity index (χ0v) is 9.23. The summed E-state index contributed by atoms with van der Waals surface area (Å²) in [6, 6.07) is 1.52. The van der Waals surface area contributed by atoms with E-state index in [0.29, 0.717) is 0 Å². The molecule has 1 rings (SSSR count). The van der Waals surface area contributed by atoms with Crippen LogP contribution in [0.5, 0.6) is 0 Å². The van der Waals surface area contributed by atoms with Crippen molar-refractivity contribution in [2.45, 2.75) is 4.90 Å². The minimum absolute atomic E-state index is 0.191. The molecule has 0 saturated carbocycles. The highest BCUT2D eigenvalue weighted by atomic mass is 32.5. The van der Waals surface area contributed by atoms with Gasteiger partial charge in [0.25, 0.3) is 0 Å². The molecule has 0 aliphatic carbocycles. The Kier molecular flexibility index (Phi) is 2.57. The number of thiocarbonyl (C=S) groups is 1. The van der Waals surface area contributed by atoms with Gasteiger partial charge in [-0.2, -0.15) is 0 Å². The lowest BCUT2D eigenvalue weighted by Gasteiger charge is -2.40. The first kappa shape index (κ1) is 13.2. The van der Waals surface area contributed by atoms with E-state index in [1.165, 1.54) is 0 Å². The van der Waals surface area contributed by atoms with Gasteiger partial charge in [0.2, 0.25) is 0 Å². The fourth-order valence-electron chi connectivity index (χ4n) is 0.996. The molecule has 9 heteroatoms. The SMILES string of the molecule is [B]c1cc(NC=S)cc(S(F)(F)(F)(F)F)c1. The summed E-state index contributed by atoms with van der Waals surface area (Å²) in [6.45, 7) is 0. The predicted molar refractivity (Wildman–Crippen MR) is 60.5 cm³/mol. The highest BCUT2D eigenvalue weighted by Gasteiger charge is 2.65. The summed E-state index contributed by atoms with van der Waals surface area (Å²) in [7, 11) is -4.60. The van der Waals surface area contributed by atoms with Gasteiger partial charge in [0, 0.05) is 5.69 Å². The van der Waals surface area contributed by atoms with Gasteiger partial charge in [0.15, 0.2) is 0 Å². The van der Waals surface area contributed by atoms with Crippen LogP contribution in [0.15, 0.2) is 23.1 Å². The summed E-state index contributed by atoms with van der Waals surface area (Å²) in [6.07, 6.45) is 0. The Morgan fingerprint density at radius 2 is 1.69 bits per heavy atom. The second-order valence-electron chi connectivity index (χ2n) is 3.02. The van der Waals surface area contributed by atoms with Gasteiger partial charge in [0.1, 0.15) is 12.7 Å². The molecule has 16 heavy (non-hydrogen) atoms. The molecule has 1 aromatic carbocycles. The maximum absolute atomic E-state index is 12.4. The molecule has 0 amide bonds.